The smallest absolute Gasteiger partial charge is 0.344 e. The number of pyridine rings is 1. The number of aryl methyl sites for hydroxylation is 1. The van der Waals surface area contributed by atoms with E-state index in [2.05, 4.69) is 4.98 Å². The molecule has 5 nitrogen and oxygen atoms in total. The van der Waals surface area contributed by atoms with Crippen LogP contribution in [0, 0.1) is 6.92 Å². The summed E-state index contributed by atoms with van der Waals surface area (Å²) in [7, 11) is 0. The Hall–Kier alpha value is -3.08. The molecule has 0 fully saturated rings. The number of nitrogens with zero attached hydrogens (tertiary/aromatic N) is 1. The average molecular weight is 337 g/mol. The SMILES string of the molecule is CCOC(=O)COc1ccc(Oc2nc(C)cc3ccccc23)cc1. The monoisotopic (exact) mass is 337 g/mol. The molecule has 5 heteroatoms. The minimum absolute atomic E-state index is 0.113. The van der Waals surface area contributed by atoms with E-state index in [0.717, 1.165) is 16.5 Å². The first-order chi connectivity index (χ1) is 12.2. The average Bonchev–Trinajstić information content (AvgIpc) is 2.61. The molecule has 0 atom stereocenters. The van der Waals surface area contributed by atoms with E-state index in [4.69, 9.17) is 14.2 Å². The summed E-state index contributed by atoms with van der Waals surface area (Å²) < 4.78 is 16.1. The second kappa shape index (κ2) is 7.66. The highest BCUT2D eigenvalue weighted by Crippen LogP contribution is 2.29. The third-order valence-corrected chi connectivity index (χ3v) is 3.53. The highest BCUT2D eigenvalue weighted by Gasteiger charge is 2.07. The molecule has 0 N–H and O–H groups in total. The number of rotatable bonds is 6. The molecular formula is C20H19NO4. The van der Waals surface area contributed by atoms with Gasteiger partial charge in [0.15, 0.2) is 6.61 Å². The van der Waals surface area contributed by atoms with E-state index in [1.165, 1.54) is 0 Å². The number of carbonyl (C=O) groups is 1. The number of benzene rings is 2. The van der Waals surface area contributed by atoms with Gasteiger partial charge >= 0.3 is 5.97 Å². The number of fused-ring (bicyclic) bond motifs is 1. The normalized spacial score (nSPS) is 10.5. The second-order valence-electron chi connectivity index (χ2n) is 5.46. The van der Waals surface area contributed by atoms with Crippen molar-refractivity contribution in [1.29, 1.82) is 0 Å². The van der Waals surface area contributed by atoms with Crippen molar-refractivity contribution in [1.82, 2.24) is 4.98 Å². The Morgan fingerprint density at radius 2 is 1.76 bits per heavy atom. The lowest BCUT2D eigenvalue weighted by atomic mass is 10.1. The summed E-state index contributed by atoms with van der Waals surface area (Å²) in [6.07, 6.45) is 0. The van der Waals surface area contributed by atoms with E-state index in [1.54, 1.807) is 31.2 Å². The summed E-state index contributed by atoms with van der Waals surface area (Å²) in [4.78, 5) is 15.8. The number of aromatic nitrogens is 1. The molecule has 0 radical (unpaired) electrons. The molecule has 3 aromatic rings. The van der Waals surface area contributed by atoms with Crippen molar-refractivity contribution in [2.24, 2.45) is 0 Å². The maximum absolute atomic E-state index is 11.3. The van der Waals surface area contributed by atoms with Gasteiger partial charge < -0.3 is 14.2 Å². The highest BCUT2D eigenvalue weighted by molar-refractivity contribution is 5.87. The standard InChI is InChI=1S/C20H19NO4/c1-3-23-19(22)13-24-16-8-10-17(11-9-16)25-20-18-7-5-4-6-15(18)12-14(2)21-20/h4-12H,3,13H2,1-2H3. The fourth-order valence-electron chi connectivity index (χ4n) is 2.43. The van der Waals surface area contributed by atoms with E-state index in [9.17, 15) is 4.79 Å². The Bertz CT molecular complexity index is 875. The summed E-state index contributed by atoms with van der Waals surface area (Å²) in [5.74, 6) is 1.39. The van der Waals surface area contributed by atoms with Gasteiger partial charge in [-0.25, -0.2) is 9.78 Å². The van der Waals surface area contributed by atoms with Gasteiger partial charge in [-0.2, -0.15) is 0 Å². The van der Waals surface area contributed by atoms with Crippen LogP contribution >= 0.6 is 0 Å². The molecule has 0 amide bonds. The van der Waals surface area contributed by atoms with Gasteiger partial charge in [0, 0.05) is 11.1 Å². The quantitative estimate of drug-likeness (QED) is 0.629. The fourth-order valence-corrected chi connectivity index (χ4v) is 2.43. The predicted molar refractivity (Wildman–Crippen MR) is 95.1 cm³/mol. The first-order valence-corrected chi connectivity index (χ1v) is 8.08. The molecule has 0 aliphatic rings. The van der Waals surface area contributed by atoms with Crippen molar-refractivity contribution in [2.75, 3.05) is 13.2 Å². The Kier molecular flexibility index (Phi) is 5.14. The molecule has 0 saturated carbocycles. The van der Waals surface area contributed by atoms with E-state index >= 15 is 0 Å². The van der Waals surface area contributed by atoms with E-state index in [0.29, 0.717) is 24.0 Å². The summed E-state index contributed by atoms with van der Waals surface area (Å²) >= 11 is 0. The summed E-state index contributed by atoms with van der Waals surface area (Å²) in [6.45, 7) is 3.92. The molecule has 0 bridgehead atoms. The number of hydrogen-bond acceptors (Lipinski definition) is 5. The zero-order chi connectivity index (χ0) is 17.6. The number of ether oxygens (including phenoxy) is 3. The summed E-state index contributed by atoms with van der Waals surface area (Å²) in [5, 5.41) is 2.04. The number of carbonyl (C=O) groups excluding carboxylic acids is 1. The molecule has 3 rings (SSSR count). The van der Waals surface area contributed by atoms with Gasteiger partial charge in [-0.15, -0.1) is 0 Å². The third kappa shape index (κ3) is 4.26. The molecule has 0 saturated heterocycles. The van der Waals surface area contributed by atoms with Gasteiger partial charge in [0.05, 0.1) is 6.61 Å². The second-order valence-corrected chi connectivity index (χ2v) is 5.46. The maximum atomic E-state index is 11.3. The minimum atomic E-state index is -0.391. The van der Waals surface area contributed by atoms with Crippen LogP contribution in [0.25, 0.3) is 10.8 Å². The predicted octanol–water partition coefficient (Wildman–Crippen LogP) is 4.28. The van der Waals surface area contributed by atoms with Crippen molar-refractivity contribution in [2.45, 2.75) is 13.8 Å². The largest absolute Gasteiger partial charge is 0.482 e. The molecule has 0 aliphatic heterocycles. The highest BCUT2D eigenvalue weighted by atomic mass is 16.6. The number of hydrogen-bond donors (Lipinski definition) is 0. The summed E-state index contributed by atoms with van der Waals surface area (Å²) in [5.41, 5.74) is 0.892. The zero-order valence-electron chi connectivity index (χ0n) is 14.2. The summed E-state index contributed by atoms with van der Waals surface area (Å²) in [6, 6.07) is 17.0. The Morgan fingerprint density at radius 1 is 1.04 bits per heavy atom. The van der Waals surface area contributed by atoms with Gasteiger partial charge in [0.1, 0.15) is 11.5 Å². The van der Waals surface area contributed by atoms with E-state index in [1.807, 2.05) is 37.3 Å². The van der Waals surface area contributed by atoms with Crippen LogP contribution < -0.4 is 9.47 Å². The van der Waals surface area contributed by atoms with Gasteiger partial charge in [-0.3, -0.25) is 0 Å². The van der Waals surface area contributed by atoms with Crippen LogP contribution in [0.5, 0.6) is 17.4 Å². The van der Waals surface area contributed by atoms with Crippen molar-refractivity contribution in [3.63, 3.8) is 0 Å². The van der Waals surface area contributed by atoms with Crippen LogP contribution in [0.4, 0.5) is 0 Å². The molecule has 0 spiro atoms. The van der Waals surface area contributed by atoms with Crippen molar-refractivity contribution < 1.29 is 19.0 Å². The molecule has 25 heavy (non-hydrogen) atoms. The third-order valence-electron chi connectivity index (χ3n) is 3.53. The van der Waals surface area contributed by atoms with Crippen LogP contribution in [-0.4, -0.2) is 24.2 Å². The lowest BCUT2D eigenvalue weighted by Gasteiger charge is -2.10. The lowest BCUT2D eigenvalue weighted by molar-refractivity contribution is -0.145. The lowest BCUT2D eigenvalue weighted by Crippen LogP contribution is -2.14. The topological polar surface area (TPSA) is 57.7 Å². The molecule has 2 aromatic carbocycles. The van der Waals surface area contributed by atoms with E-state index in [-0.39, 0.29) is 6.61 Å². The van der Waals surface area contributed by atoms with Gasteiger partial charge in [0.2, 0.25) is 5.88 Å². The first kappa shape index (κ1) is 16.8. The van der Waals surface area contributed by atoms with Crippen LogP contribution in [0.3, 0.4) is 0 Å². The van der Waals surface area contributed by atoms with Crippen LogP contribution in [0.2, 0.25) is 0 Å². The van der Waals surface area contributed by atoms with Crippen molar-refractivity contribution in [3.05, 3.63) is 60.3 Å². The van der Waals surface area contributed by atoms with Crippen molar-refractivity contribution >= 4 is 16.7 Å². The zero-order valence-corrected chi connectivity index (χ0v) is 14.2. The molecule has 0 unspecified atom stereocenters. The Morgan fingerprint density at radius 3 is 2.52 bits per heavy atom. The van der Waals surface area contributed by atoms with Crippen LogP contribution in [-0.2, 0) is 9.53 Å². The van der Waals surface area contributed by atoms with Gasteiger partial charge in [-0.05, 0) is 55.6 Å². The Balaban J connectivity index is 1.73. The molecule has 1 aromatic heterocycles. The first-order valence-electron chi connectivity index (χ1n) is 8.08. The molecule has 128 valence electrons. The molecule has 0 aliphatic carbocycles. The van der Waals surface area contributed by atoms with E-state index < -0.39 is 5.97 Å². The van der Waals surface area contributed by atoms with Gasteiger partial charge in [-0.1, -0.05) is 18.2 Å². The van der Waals surface area contributed by atoms with Crippen LogP contribution in [0.1, 0.15) is 12.6 Å². The number of esters is 1. The van der Waals surface area contributed by atoms with Crippen molar-refractivity contribution in [3.8, 4) is 17.4 Å². The Labute approximate surface area is 146 Å². The van der Waals surface area contributed by atoms with Crippen LogP contribution in [0.15, 0.2) is 54.6 Å². The minimum Gasteiger partial charge on any atom is -0.482 e. The van der Waals surface area contributed by atoms with Gasteiger partial charge in [0.25, 0.3) is 0 Å². The fraction of sp³-hybridized carbons (Fsp3) is 0.200. The molecule has 1 heterocycles. The maximum Gasteiger partial charge on any atom is 0.344 e. The molecular weight excluding hydrogens is 318 g/mol.